The van der Waals surface area contributed by atoms with Crippen molar-refractivity contribution in [1.29, 1.82) is 0 Å². The van der Waals surface area contributed by atoms with Crippen LogP contribution >= 0.6 is 0 Å². The number of sulfonamides is 1. The molecule has 0 unspecified atom stereocenters. The Morgan fingerprint density at radius 1 is 1.31 bits per heavy atom. The van der Waals surface area contributed by atoms with Gasteiger partial charge in [-0.2, -0.15) is 5.10 Å². The number of rotatable bonds is 6. The van der Waals surface area contributed by atoms with Crippen LogP contribution in [0.25, 0.3) is 0 Å². The maximum atomic E-state index is 13.7. The van der Waals surface area contributed by atoms with E-state index < -0.39 is 10.0 Å². The summed E-state index contributed by atoms with van der Waals surface area (Å²) >= 11 is 0. The first-order valence-electron chi connectivity index (χ1n) is 11.1. The molecule has 1 aromatic rings. The molecule has 1 aliphatic heterocycles. The summed E-state index contributed by atoms with van der Waals surface area (Å²) in [6, 6.07) is 0. The van der Waals surface area contributed by atoms with Gasteiger partial charge in [0.15, 0.2) is 0 Å². The van der Waals surface area contributed by atoms with E-state index in [0.29, 0.717) is 18.8 Å². The Kier molecular flexibility index (Phi) is 7.61. The van der Waals surface area contributed by atoms with Gasteiger partial charge in [0.2, 0.25) is 15.9 Å². The molecule has 3 rings (SSSR count). The smallest absolute Gasteiger partial charge is 0.230 e. The zero-order valence-corrected chi connectivity index (χ0v) is 20.3. The van der Waals surface area contributed by atoms with Gasteiger partial charge in [0.25, 0.3) is 0 Å². The number of aryl methyl sites for hydroxylation is 1. The van der Waals surface area contributed by atoms with E-state index in [1.807, 2.05) is 11.9 Å². The molecular weight excluding hydrogens is 426 g/mol. The SMILES string of the molecule is C=C1Nc2c(cnn2C)CN(C(=O)C2CCC(CNS(C)(=O)=O)CC2)C1=CCC=C(C)C. The Balaban J connectivity index is 1.77. The van der Waals surface area contributed by atoms with Crippen LogP contribution < -0.4 is 10.0 Å². The highest BCUT2D eigenvalue weighted by Crippen LogP contribution is 2.34. The maximum Gasteiger partial charge on any atom is 0.230 e. The minimum Gasteiger partial charge on any atom is -0.339 e. The minimum absolute atomic E-state index is 0.0811. The van der Waals surface area contributed by atoms with E-state index in [0.717, 1.165) is 49.2 Å². The predicted octanol–water partition coefficient (Wildman–Crippen LogP) is 3.28. The van der Waals surface area contributed by atoms with Gasteiger partial charge >= 0.3 is 0 Å². The summed E-state index contributed by atoms with van der Waals surface area (Å²) in [6.45, 7) is 9.21. The van der Waals surface area contributed by atoms with Crippen LogP contribution in [-0.4, -0.2) is 41.8 Å². The Hall–Kier alpha value is -2.39. The molecule has 2 aliphatic rings. The van der Waals surface area contributed by atoms with Crippen LogP contribution in [-0.2, 0) is 28.4 Å². The van der Waals surface area contributed by atoms with Crippen molar-refractivity contribution in [2.75, 3.05) is 18.1 Å². The van der Waals surface area contributed by atoms with Gasteiger partial charge in [-0.15, -0.1) is 0 Å². The highest BCUT2D eigenvalue weighted by molar-refractivity contribution is 7.88. The number of hydrogen-bond donors (Lipinski definition) is 2. The molecule has 1 aliphatic carbocycles. The highest BCUT2D eigenvalue weighted by Gasteiger charge is 2.34. The quantitative estimate of drug-likeness (QED) is 0.634. The fourth-order valence-electron chi connectivity index (χ4n) is 4.32. The zero-order valence-electron chi connectivity index (χ0n) is 19.5. The third-order valence-electron chi connectivity index (χ3n) is 6.15. The second-order valence-electron chi connectivity index (χ2n) is 9.11. The lowest BCUT2D eigenvalue weighted by molar-refractivity contribution is -0.135. The van der Waals surface area contributed by atoms with E-state index in [2.05, 4.69) is 47.7 Å². The summed E-state index contributed by atoms with van der Waals surface area (Å²) in [7, 11) is -1.32. The van der Waals surface area contributed by atoms with Gasteiger partial charge in [0.1, 0.15) is 5.82 Å². The standard InChI is InChI=1S/C23H35N5O3S/c1-16(2)7-6-8-21-17(3)26-22-20(14-24-27(22)4)15-28(21)23(29)19-11-9-18(10-12-19)13-25-32(5,30)31/h7-8,14,18-19,25-26H,3,6,9-13,15H2,1-2,4-5H3. The normalized spacial score (nSPS) is 22.8. The topological polar surface area (TPSA) is 96.3 Å². The van der Waals surface area contributed by atoms with Crippen molar-refractivity contribution in [1.82, 2.24) is 19.4 Å². The molecule has 2 heterocycles. The molecule has 32 heavy (non-hydrogen) atoms. The first kappa shape index (κ1) is 24.3. The van der Waals surface area contributed by atoms with Crippen LogP contribution in [0, 0.1) is 11.8 Å². The number of carbonyl (C=O) groups is 1. The Morgan fingerprint density at radius 3 is 2.62 bits per heavy atom. The Bertz CT molecular complexity index is 1030. The molecule has 1 amide bonds. The first-order valence-corrected chi connectivity index (χ1v) is 13.0. The molecule has 0 spiro atoms. The molecule has 0 radical (unpaired) electrons. The highest BCUT2D eigenvalue weighted by atomic mass is 32.2. The number of amides is 1. The summed E-state index contributed by atoms with van der Waals surface area (Å²) < 4.78 is 27.1. The fraction of sp³-hybridized carbons (Fsp3) is 0.565. The van der Waals surface area contributed by atoms with Crippen molar-refractivity contribution in [3.05, 3.63) is 47.5 Å². The molecular formula is C23H35N5O3S. The second-order valence-corrected chi connectivity index (χ2v) is 10.9. The molecule has 0 bridgehead atoms. The van der Waals surface area contributed by atoms with E-state index >= 15 is 0 Å². The molecule has 1 aromatic heterocycles. The molecule has 1 fully saturated rings. The predicted molar refractivity (Wildman–Crippen MR) is 127 cm³/mol. The average molecular weight is 462 g/mol. The Morgan fingerprint density at radius 2 is 2.00 bits per heavy atom. The number of nitrogens with zero attached hydrogens (tertiary/aromatic N) is 3. The van der Waals surface area contributed by atoms with Crippen molar-refractivity contribution in [2.45, 2.75) is 52.5 Å². The monoisotopic (exact) mass is 461 g/mol. The van der Waals surface area contributed by atoms with Crippen LogP contribution in [0.3, 0.4) is 0 Å². The zero-order chi connectivity index (χ0) is 23.5. The van der Waals surface area contributed by atoms with E-state index in [9.17, 15) is 13.2 Å². The van der Waals surface area contributed by atoms with Gasteiger partial charge in [0.05, 0.1) is 30.4 Å². The lowest BCUT2D eigenvalue weighted by atomic mass is 9.81. The molecule has 0 saturated heterocycles. The van der Waals surface area contributed by atoms with E-state index in [1.54, 1.807) is 10.9 Å². The molecule has 8 nitrogen and oxygen atoms in total. The number of aromatic nitrogens is 2. The summed E-state index contributed by atoms with van der Waals surface area (Å²) in [5.74, 6) is 1.14. The van der Waals surface area contributed by atoms with Crippen LogP contribution in [0.1, 0.15) is 51.5 Å². The fourth-order valence-corrected chi connectivity index (χ4v) is 4.86. The molecule has 2 N–H and O–H groups in total. The number of carbonyl (C=O) groups excluding carboxylic acids is 1. The minimum atomic E-state index is -3.19. The van der Waals surface area contributed by atoms with Crippen LogP contribution in [0.15, 0.2) is 41.9 Å². The number of hydrogen-bond acceptors (Lipinski definition) is 5. The summed E-state index contributed by atoms with van der Waals surface area (Å²) in [6.07, 6.45) is 11.1. The number of nitrogens with one attached hydrogen (secondary N) is 2. The van der Waals surface area contributed by atoms with Gasteiger partial charge in [0, 0.05) is 25.1 Å². The van der Waals surface area contributed by atoms with Gasteiger partial charge in [-0.3, -0.25) is 9.48 Å². The van der Waals surface area contributed by atoms with Crippen molar-refractivity contribution in [2.24, 2.45) is 18.9 Å². The van der Waals surface area contributed by atoms with Gasteiger partial charge in [-0.05, 0) is 51.9 Å². The molecule has 176 valence electrons. The second kappa shape index (κ2) is 10.0. The lowest BCUT2D eigenvalue weighted by Gasteiger charge is -2.32. The molecule has 0 atom stereocenters. The number of fused-ring (bicyclic) bond motifs is 1. The van der Waals surface area contributed by atoms with Crippen molar-refractivity contribution in [3.63, 3.8) is 0 Å². The third kappa shape index (κ3) is 6.10. The molecule has 0 aromatic carbocycles. The number of allylic oxidation sites excluding steroid dienone is 3. The third-order valence-corrected chi connectivity index (χ3v) is 6.84. The van der Waals surface area contributed by atoms with Crippen molar-refractivity contribution < 1.29 is 13.2 Å². The number of anilines is 1. The van der Waals surface area contributed by atoms with Crippen LogP contribution in [0.2, 0.25) is 0 Å². The van der Waals surface area contributed by atoms with Crippen LogP contribution in [0.4, 0.5) is 5.82 Å². The molecule has 1 saturated carbocycles. The summed E-state index contributed by atoms with van der Waals surface area (Å²) in [5.41, 5.74) is 3.68. The molecule has 9 heteroatoms. The largest absolute Gasteiger partial charge is 0.339 e. The van der Waals surface area contributed by atoms with E-state index in [1.165, 1.54) is 11.8 Å². The summed E-state index contributed by atoms with van der Waals surface area (Å²) in [4.78, 5) is 15.5. The van der Waals surface area contributed by atoms with Crippen LogP contribution in [0.5, 0.6) is 0 Å². The van der Waals surface area contributed by atoms with Gasteiger partial charge in [-0.25, -0.2) is 13.1 Å². The van der Waals surface area contributed by atoms with Gasteiger partial charge < -0.3 is 10.2 Å². The first-order chi connectivity index (χ1) is 15.0. The lowest BCUT2D eigenvalue weighted by Crippen LogP contribution is -2.38. The van der Waals surface area contributed by atoms with E-state index in [-0.39, 0.29) is 17.7 Å². The average Bonchev–Trinajstić information content (AvgIpc) is 2.99. The Labute approximate surface area is 191 Å². The summed E-state index contributed by atoms with van der Waals surface area (Å²) in [5, 5.41) is 7.67. The van der Waals surface area contributed by atoms with Crippen molar-refractivity contribution in [3.8, 4) is 0 Å². The van der Waals surface area contributed by atoms with E-state index in [4.69, 9.17) is 0 Å². The maximum absolute atomic E-state index is 13.7. The van der Waals surface area contributed by atoms with Crippen molar-refractivity contribution >= 4 is 21.7 Å². The van der Waals surface area contributed by atoms with Gasteiger partial charge in [-0.1, -0.05) is 24.3 Å².